The molecule has 2 unspecified atom stereocenters. The van der Waals surface area contributed by atoms with Gasteiger partial charge in [-0.1, -0.05) is 25.7 Å². The van der Waals surface area contributed by atoms with Gasteiger partial charge < -0.3 is 5.32 Å². The SMILES string of the molecule is CNC1CCCC1N1CCC2(CCCCC2)CC1. The molecule has 0 aromatic heterocycles. The fraction of sp³-hybridized carbons (Fsp3) is 1.00. The molecule has 1 aliphatic heterocycles. The van der Waals surface area contributed by atoms with Gasteiger partial charge in [0.05, 0.1) is 0 Å². The summed E-state index contributed by atoms with van der Waals surface area (Å²) < 4.78 is 0. The minimum Gasteiger partial charge on any atom is -0.315 e. The van der Waals surface area contributed by atoms with E-state index >= 15 is 0 Å². The van der Waals surface area contributed by atoms with Gasteiger partial charge in [0.15, 0.2) is 0 Å². The van der Waals surface area contributed by atoms with Crippen LogP contribution < -0.4 is 5.32 Å². The van der Waals surface area contributed by atoms with Crippen molar-refractivity contribution < 1.29 is 0 Å². The zero-order valence-corrected chi connectivity index (χ0v) is 12.1. The van der Waals surface area contributed by atoms with E-state index in [1.165, 1.54) is 77.3 Å². The number of hydrogen-bond donors (Lipinski definition) is 1. The molecule has 0 aromatic carbocycles. The number of piperidine rings is 1. The van der Waals surface area contributed by atoms with Gasteiger partial charge in [-0.25, -0.2) is 0 Å². The first-order valence-electron chi connectivity index (χ1n) is 8.24. The third-order valence-corrected chi connectivity index (χ3v) is 6.09. The van der Waals surface area contributed by atoms with Crippen molar-refractivity contribution in [2.24, 2.45) is 5.41 Å². The van der Waals surface area contributed by atoms with Crippen LogP contribution >= 0.6 is 0 Å². The molecule has 2 saturated carbocycles. The van der Waals surface area contributed by atoms with E-state index < -0.39 is 0 Å². The molecule has 2 heteroatoms. The maximum atomic E-state index is 3.54. The molecule has 2 aliphatic carbocycles. The Hall–Kier alpha value is -0.0800. The van der Waals surface area contributed by atoms with Crippen LogP contribution in [0.5, 0.6) is 0 Å². The van der Waals surface area contributed by atoms with Gasteiger partial charge in [0, 0.05) is 12.1 Å². The van der Waals surface area contributed by atoms with Gasteiger partial charge in [-0.05, 0) is 64.1 Å². The minimum absolute atomic E-state index is 0.766. The van der Waals surface area contributed by atoms with Crippen molar-refractivity contribution in [1.29, 1.82) is 0 Å². The monoisotopic (exact) mass is 250 g/mol. The average molecular weight is 250 g/mol. The van der Waals surface area contributed by atoms with E-state index in [-0.39, 0.29) is 0 Å². The second-order valence-electron chi connectivity index (χ2n) is 6.99. The number of hydrogen-bond acceptors (Lipinski definition) is 2. The second kappa shape index (κ2) is 5.50. The highest BCUT2D eigenvalue weighted by atomic mass is 15.2. The van der Waals surface area contributed by atoms with Gasteiger partial charge >= 0.3 is 0 Å². The van der Waals surface area contributed by atoms with E-state index in [0.717, 1.165) is 17.5 Å². The average Bonchev–Trinajstić information content (AvgIpc) is 2.89. The predicted molar refractivity (Wildman–Crippen MR) is 76.8 cm³/mol. The topological polar surface area (TPSA) is 15.3 Å². The van der Waals surface area contributed by atoms with Crippen LogP contribution in [0.2, 0.25) is 0 Å². The van der Waals surface area contributed by atoms with Crippen LogP contribution in [0, 0.1) is 5.41 Å². The molecule has 1 N–H and O–H groups in total. The fourth-order valence-electron chi connectivity index (χ4n) is 4.85. The van der Waals surface area contributed by atoms with Gasteiger partial charge in [-0.15, -0.1) is 0 Å². The summed E-state index contributed by atoms with van der Waals surface area (Å²) >= 11 is 0. The van der Waals surface area contributed by atoms with Crippen LogP contribution in [0.1, 0.15) is 64.2 Å². The van der Waals surface area contributed by atoms with E-state index in [2.05, 4.69) is 17.3 Å². The largest absolute Gasteiger partial charge is 0.315 e. The lowest BCUT2D eigenvalue weighted by molar-refractivity contribution is 0.0405. The minimum atomic E-state index is 0.766. The van der Waals surface area contributed by atoms with Crippen molar-refractivity contribution >= 4 is 0 Å². The smallest absolute Gasteiger partial charge is 0.0249 e. The highest BCUT2D eigenvalue weighted by Gasteiger charge is 2.39. The van der Waals surface area contributed by atoms with Crippen LogP contribution in [0.4, 0.5) is 0 Å². The maximum absolute atomic E-state index is 3.54. The molecule has 104 valence electrons. The molecule has 0 amide bonds. The lowest BCUT2D eigenvalue weighted by Crippen LogP contribution is -2.51. The highest BCUT2D eigenvalue weighted by Crippen LogP contribution is 2.45. The summed E-state index contributed by atoms with van der Waals surface area (Å²) in [5.74, 6) is 0. The first kappa shape index (κ1) is 12.9. The summed E-state index contributed by atoms with van der Waals surface area (Å²) in [4.78, 5) is 2.81. The summed E-state index contributed by atoms with van der Waals surface area (Å²) in [6.07, 6.45) is 14.8. The van der Waals surface area contributed by atoms with Crippen molar-refractivity contribution in [1.82, 2.24) is 10.2 Å². The molecule has 1 spiro atoms. The Bertz CT molecular complexity index is 260. The standard InChI is InChI=1S/C16H30N2/c1-17-14-6-5-7-15(14)18-12-10-16(11-13-18)8-3-2-4-9-16/h14-15,17H,2-13H2,1H3. The molecule has 3 aliphatic rings. The Morgan fingerprint density at radius 3 is 2.28 bits per heavy atom. The van der Waals surface area contributed by atoms with Crippen molar-refractivity contribution in [3.63, 3.8) is 0 Å². The van der Waals surface area contributed by atoms with Crippen molar-refractivity contribution in [2.45, 2.75) is 76.3 Å². The Labute approximate surface area is 113 Å². The van der Waals surface area contributed by atoms with Crippen molar-refractivity contribution in [3.8, 4) is 0 Å². The van der Waals surface area contributed by atoms with Gasteiger partial charge in [0.1, 0.15) is 0 Å². The number of rotatable bonds is 2. The second-order valence-corrected chi connectivity index (χ2v) is 6.99. The molecule has 3 fully saturated rings. The normalized spacial score (nSPS) is 37.2. The van der Waals surface area contributed by atoms with E-state index in [1.807, 2.05) is 0 Å². The molecule has 0 aromatic rings. The molecular formula is C16H30N2. The summed E-state index contributed by atoms with van der Waals surface area (Å²) in [7, 11) is 2.15. The molecular weight excluding hydrogens is 220 g/mol. The number of likely N-dealkylation sites (N-methyl/N-ethyl adjacent to an activating group) is 1. The summed E-state index contributed by atoms with van der Waals surface area (Å²) in [5, 5.41) is 3.54. The lowest BCUT2D eigenvalue weighted by Gasteiger charge is -2.47. The number of nitrogens with zero attached hydrogens (tertiary/aromatic N) is 1. The molecule has 0 radical (unpaired) electrons. The van der Waals surface area contributed by atoms with Gasteiger partial charge in [-0.2, -0.15) is 0 Å². The van der Waals surface area contributed by atoms with Crippen LogP contribution in [0.15, 0.2) is 0 Å². The van der Waals surface area contributed by atoms with E-state index in [4.69, 9.17) is 0 Å². The van der Waals surface area contributed by atoms with Gasteiger partial charge in [0.2, 0.25) is 0 Å². The molecule has 1 heterocycles. The van der Waals surface area contributed by atoms with E-state index in [9.17, 15) is 0 Å². The van der Waals surface area contributed by atoms with E-state index in [0.29, 0.717) is 0 Å². The van der Waals surface area contributed by atoms with Crippen molar-refractivity contribution in [3.05, 3.63) is 0 Å². The third kappa shape index (κ3) is 2.46. The lowest BCUT2D eigenvalue weighted by atomic mass is 9.68. The number of nitrogens with one attached hydrogen (secondary N) is 1. The predicted octanol–water partition coefficient (Wildman–Crippen LogP) is 3.17. The third-order valence-electron chi connectivity index (χ3n) is 6.09. The highest BCUT2D eigenvalue weighted by molar-refractivity contribution is 4.95. The zero-order chi connectivity index (χ0) is 12.4. The maximum Gasteiger partial charge on any atom is 0.0249 e. The zero-order valence-electron chi connectivity index (χ0n) is 12.1. The fourth-order valence-corrected chi connectivity index (χ4v) is 4.85. The first-order valence-corrected chi connectivity index (χ1v) is 8.24. The Balaban J connectivity index is 1.56. The first-order chi connectivity index (χ1) is 8.83. The van der Waals surface area contributed by atoms with Crippen molar-refractivity contribution in [2.75, 3.05) is 20.1 Å². The summed E-state index contributed by atoms with van der Waals surface area (Å²) in [6, 6.07) is 1.61. The molecule has 2 atom stereocenters. The van der Waals surface area contributed by atoms with Crippen LogP contribution in [-0.4, -0.2) is 37.1 Å². The Kier molecular flexibility index (Phi) is 3.95. The van der Waals surface area contributed by atoms with E-state index in [1.54, 1.807) is 0 Å². The Morgan fingerprint density at radius 2 is 1.61 bits per heavy atom. The number of likely N-dealkylation sites (tertiary alicyclic amines) is 1. The summed E-state index contributed by atoms with van der Waals surface area (Å²) in [5.41, 5.74) is 0.766. The quantitative estimate of drug-likeness (QED) is 0.810. The van der Waals surface area contributed by atoms with Crippen LogP contribution in [-0.2, 0) is 0 Å². The van der Waals surface area contributed by atoms with Crippen LogP contribution in [0.25, 0.3) is 0 Å². The molecule has 18 heavy (non-hydrogen) atoms. The molecule has 0 bridgehead atoms. The molecule has 1 saturated heterocycles. The van der Waals surface area contributed by atoms with Crippen LogP contribution in [0.3, 0.4) is 0 Å². The van der Waals surface area contributed by atoms with Gasteiger partial charge in [-0.3, -0.25) is 4.90 Å². The molecule has 3 rings (SSSR count). The van der Waals surface area contributed by atoms with Gasteiger partial charge in [0.25, 0.3) is 0 Å². The summed E-state index contributed by atoms with van der Waals surface area (Å²) in [6.45, 7) is 2.76. The molecule has 2 nitrogen and oxygen atoms in total. The Morgan fingerprint density at radius 1 is 0.889 bits per heavy atom.